The van der Waals surface area contributed by atoms with Gasteiger partial charge in [0, 0.05) is 17.1 Å². The number of aliphatic hydroxyl groups excluding tert-OH is 1. The highest BCUT2D eigenvalue weighted by atomic mass is 79.9. The van der Waals surface area contributed by atoms with Gasteiger partial charge >= 0.3 is 0 Å². The van der Waals surface area contributed by atoms with Gasteiger partial charge in [-0.3, -0.25) is 0 Å². The van der Waals surface area contributed by atoms with E-state index in [2.05, 4.69) is 21.2 Å². The minimum atomic E-state index is -0.446. The first-order chi connectivity index (χ1) is 10.2. The SMILES string of the molecule is O[C@@H](CNC1CCCC1)COCCOc1ccc(Br)cc1. The Kier molecular flexibility index (Phi) is 7.50. The Bertz CT molecular complexity index is 393. The monoisotopic (exact) mass is 357 g/mol. The number of nitrogens with one attached hydrogen (secondary N) is 1. The van der Waals surface area contributed by atoms with Crippen LogP contribution in [0.1, 0.15) is 25.7 Å². The third-order valence-corrected chi connectivity index (χ3v) is 4.15. The molecule has 1 saturated carbocycles. The number of ether oxygens (including phenoxy) is 2. The molecule has 0 spiro atoms. The molecule has 2 rings (SSSR count). The lowest BCUT2D eigenvalue weighted by Crippen LogP contribution is -2.36. The number of halogens is 1. The van der Waals surface area contributed by atoms with Gasteiger partial charge in [0.1, 0.15) is 12.4 Å². The summed E-state index contributed by atoms with van der Waals surface area (Å²) in [5, 5.41) is 13.2. The second-order valence-corrected chi connectivity index (χ2v) is 6.34. The smallest absolute Gasteiger partial charge is 0.119 e. The van der Waals surface area contributed by atoms with E-state index in [1.807, 2.05) is 24.3 Å². The van der Waals surface area contributed by atoms with E-state index in [1.165, 1.54) is 25.7 Å². The van der Waals surface area contributed by atoms with E-state index in [1.54, 1.807) is 0 Å². The maximum absolute atomic E-state index is 9.82. The summed E-state index contributed by atoms with van der Waals surface area (Å²) in [7, 11) is 0. The second-order valence-electron chi connectivity index (χ2n) is 5.42. The maximum Gasteiger partial charge on any atom is 0.119 e. The minimum Gasteiger partial charge on any atom is -0.491 e. The molecule has 0 unspecified atom stereocenters. The first kappa shape index (κ1) is 16.7. The lowest BCUT2D eigenvalue weighted by molar-refractivity contribution is 0.0241. The topological polar surface area (TPSA) is 50.7 Å². The molecule has 0 aliphatic heterocycles. The highest BCUT2D eigenvalue weighted by Crippen LogP contribution is 2.17. The van der Waals surface area contributed by atoms with Crippen molar-refractivity contribution in [1.29, 1.82) is 0 Å². The summed E-state index contributed by atoms with van der Waals surface area (Å²) < 4.78 is 12.0. The molecular weight excluding hydrogens is 334 g/mol. The number of rotatable bonds is 9. The van der Waals surface area contributed by atoms with E-state index in [9.17, 15) is 5.11 Å². The van der Waals surface area contributed by atoms with Crippen molar-refractivity contribution in [3.05, 3.63) is 28.7 Å². The molecule has 0 bridgehead atoms. The first-order valence-electron chi connectivity index (χ1n) is 7.61. The van der Waals surface area contributed by atoms with E-state index < -0.39 is 6.10 Å². The molecule has 21 heavy (non-hydrogen) atoms. The summed E-state index contributed by atoms with van der Waals surface area (Å²) in [5.41, 5.74) is 0. The first-order valence-corrected chi connectivity index (χ1v) is 8.41. The predicted octanol–water partition coefficient (Wildman–Crippen LogP) is 2.74. The molecule has 1 fully saturated rings. The Morgan fingerprint density at radius 1 is 1.19 bits per heavy atom. The highest BCUT2D eigenvalue weighted by Gasteiger charge is 2.15. The molecule has 1 atom stereocenters. The fourth-order valence-corrected chi connectivity index (χ4v) is 2.72. The average Bonchev–Trinajstić information content (AvgIpc) is 3.00. The number of hydrogen-bond acceptors (Lipinski definition) is 4. The summed E-state index contributed by atoms with van der Waals surface area (Å²) in [6, 6.07) is 8.28. The van der Waals surface area contributed by atoms with E-state index in [0.29, 0.717) is 32.4 Å². The number of benzene rings is 1. The zero-order chi connectivity index (χ0) is 14.9. The Morgan fingerprint density at radius 3 is 2.62 bits per heavy atom. The third kappa shape index (κ3) is 6.78. The van der Waals surface area contributed by atoms with Crippen LogP contribution in [0.2, 0.25) is 0 Å². The molecule has 1 aromatic carbocycles. The van der Waals surface area contributed by atoms with Crippen molar-refractivity contribution in [3.63, 3.8) is 0 Å². The van der Waals surface area contributed by atoms with Crippen LogP contribution in [-0.2, 0) is 4.74 Å². The molecule has 1 aliphatic carbocycles. The van der Waals surface area contributed by atoms with Gasteiger partial charge < -0.3 is 19.9 Å². The Labute approximate surface area is 135 Å². The summed E-state index contributed by atoms with van der Waals surface area (Å²) >= 11 is 3.38. The van der Waals surface area contributed by atoms with Crippen LogP contribution >= 0.6 is 15.9 Å². The van der Waals surface area contributed by atoms with Crippen LogP contribution in [0.3, 0.4) is 0 Å². The predicted molar refractivity (Wildman–Crippen MR) is 86.7 cm³/mol. The quantitative estimate of drug-likeness (QED) is 0.667. The van der Waals surface area contributed by atoms with Crippen molar-refractivity contribution < 1.29 is 14.6 Å². The molecule has 0 radical (unpaired) electrons. The minimum absolute atomic E-state index is 0.351. The van der Waals surface area contributed by atoms with Crippen LogP contribution < -0.4 is 10.1 Å². The Balaban J connectivity index is 1.47. The van der Waals surface area contributed by atoms with E-state index in [0.717, 1.165) is 10.2 Å². The lowest BCUT2D eigenvalue weighted by Gasteiger charge is -2.16. The number of aliphatic hydroxyl groups is 1. The van der Waals surface area contributed by atoms with Crippen LogP contribution in [0.5, 0.6) is 5.75 Å². The fourth-order valence-electron chi connectivity index (χ4n) is 2.46. The van der Waals surface area contributed by atoms with Gasteiger partial charge in [-0.15, -0.1) is 0 Å². The van der Waals surface area contributed by atoms with Gasteiger partial charge in [0.25, 0.3) is 0 Å². The Hall–Kier alpha value is -0.620. The van der Waals surface area contributed by atoms with Crippen molar-refractivity contribution in [3.8, 4) is 5.75 Å². The van der Waals surface area contributed by atoms with Crippen LogP contribution in [0.4, 0.5) is 0 Å². The van der Waals surface area contributed by atoms with Gasteiger partial charge in [-0.2, -0.15) is 0 Å². The van der Waals surface area contributed by atoms with Gasteiger partial charge in [0.15, 0.2) is 0 Å². The molecule has 2 N–H and O–H groups in total. The largest absolute Gasteiger partial charge is 0.491 e. The van der Waals surface area contributed by atoms with Crippen molar-refractivity contribution in [2.24, 2.45) is 0 Å². The Morgan fingerprint density at radius 2 is 1.90 bits per heavy atom. The van der Waals surface area contributed by atoms with Gasteiger partial charge in [-0.1, -0.05) is 28.8 Å². The molecule has 0 saturated heterocycles. The van der Waals surface area contributed by atoms with Crippen molar-refractivity contribution in [2.45, 2.75) is 37.8 Å². The van der Waals surface area contributed by atoms with Crippen LogP contribution in [0, 0.1) is 0 Å². The normalized spacial score (nSPS) is 17.0. The van der Waals surface area contributed by atoms with Crippen molar-refractivity contribution >= 4 is 15.9 Å². The van der Waals surface area contributed by atoms with Crippen LogP contribution in [0.15, 0.2) is 28.7 Å². The molecule has 5 heteroatoms. The fraction of sp³-hybridized carbons (Fsp3) is 0.625. The van der Waals surface area contributed by atoms with Crippen molar-refractivity contribution in [1.82, 2.24) is 5.32 Å². The zero-order valence-electron chi connectivity index (χ0n) is 12.3. The molecule has 118 valence electrons. The van der Waals surface area contributed by atoms with E-state index in [-0.39, 0.29) is 0 Å². The zero-order valence-corrected chi connectivity index (χ0v) is 13.8. The standard InChI is InChI=1S/C16H24BrNO3/c17-13-5-7-16(8-6-13)21-10-9-20-12-15(19)11-18-14-3-1-2-4-14/h5-8,14-15,18-19H,1-4,9-12H2/t15-/m0/s1. The van der Waals surface area contributed by atoms with E-state index in [4.69, 9.17) is 9.47 Å². The van der Waals surface area contributed by atoms with Crippen LogP contribution in [-0.4, -0.2) is 43.6 Å². The lowest BCUT2D eigenvalue weighted by atomic mass is 10.2. The van der Waals surface area contributed by atoms with Gasteiger partial charge in [-0.05, 0) is 37.1 Å². The van der Waals surface area contributed by atoms with Gasteiger partial charge in [-0.25, -0.2) is 0 Å². The summed E-state index contributed by atoms with van der Waals surface area (Å²) in [5.74, 6) is 0.824. The average molecular weight is 358 g/mol. The molecule has 0 aromatic heterocycles. The molecule has 0 amide bonds. The molecular formula is C16H24BrNO3. The molecule has 0 heterocycles. The molecule has 1 aliphatic rings. The summed E-state index contributed by atoms with van der Waals surface area (Å²) in [6.07, 6.45) is 4.62. The third-order valence-electron chi connectivity index (χ3n) is 3.62. The van der Waals surface area contributed by atoms with Crippen LogP contribution in [0.25, 0.3) is 0 Å². The maximum atomic E-state index is 9.82. The van der Waals surface area contributed by atoms with Gasteiger partial charge in [0.05, 0.1) is 19.3 Å². The highest BCUT2D eigenvalue weighted by molar-refractivity contribution is 9.10. The van der Waals surface area contributed by atoms with Crippen molar-refractivity contribution in [2.75, 3.05) is 26.4 Å². The molecule has 1 aromatic rings. The summed E-state index contributed by atoms with van der Waals surface area (Å²) in [4.78, 5) is 0. The second kappa shape index (κ2) is 9.41. The molecule has 4 nitrogen and oxygen atoms in total. The van der Waals surface area contributed by atoms with Gasteiger partial charge in [0.2, 0.25) is 0 Å². The van der Waals surface area contributed by atoms with E-state index >= 15 is 0 Å². The number of hydrogen-bond donors (Lipinski definition) is 2. The summed E-state index contributed by atoms with van der Waals surface area (Å²) in [6.45, 7) is 1.93.